The Morgan fingerprint density at radius 3 is 2.33 bits per heavy atom. The topological polar surface area (TPSA) is 99.1 Å². The summed E-state index contributed by atoms with van der Waals surface area (Å²) < 4.78 is 36.0. The molecule has 0 saturated carbocycles. The molecule has 0 bridgehead atoms. The van der Waals surface area contributed by atoms with Crippen molar-refractivity contribution in [2.75, 3.05) is 20.0 Å². The van der Waals surface area contributed by atoms with Crippen LogP contribution in [0.4, 0.5) is 0 Å². The van der Waals surface area contributed by atoms with Crippen molar-refractivity contribution in [2.24, 2.45) is 0 Å². The van der Waals surface area contributed by atoms with E-state index >= 15 is 0 Å². The zero-order valence-corrected chi connectivity index (χ0v) is 12.8. The summed E-state index contributed by atoms with van der Waals surface area (Å²) in [6, 6.07) is 6.81. The first-order chi connectivity index (χ1) is 9.64. The molecular formula is C13H18O7S. The van der Waals surface area contributed by atoms with Crippen LogP contribution in [0.25, 0.3) is 0 Å². The highest BCUT2D eigenvalue weighted by atomic mass is 32.2. The number of rotatable bonds is 7. The van der Waals surface area contributed by atoms with Crippen molar-refractivity contribution >= 4 is 16.1 Å². The maximum atomic E-state index is 11.7. The molecule has 8 heteroatoms. The van der Waals surface area contributed by atoms with Crippen LogP contribution in [-0.2, 0) is 30.4 Å². The quantitative estimate of drug-likeness (QED) is 0.576. The Bertz CT molecular complexity index is 575. The second kappa shape index (κ2) is 6.88. The van der Waals surface area contributed by atoms with Crippen LogP contribution in [0.1, 0.15) is 12.5 Å². The summed E-state index contributed by atoms with van der Waals surface area (Å²) in [5.41, 5.74) is -1.35. The highest BCUT2D eigenvalue weighted by Crippen LogP contribution is 2.14. The highest BCUT2D eigenvalue weighted by molar-refractivity contribution is 7.85. The van der Waals surface area contributed by atoms with Gasteiger partial charge in [-0.25, -0.2) is 4.79 Å². The van der Waals surface area contributed by atoms with Gasteiger partial charge < -0.3 is 14.6 Å². The SMILES string of the molecule is COc1ccc(COC(=O)[C@@](C)(O)COS(C)(=O)=O)cc1. The van der Waals surface area contributed by atoms with Crippen LogP contribution in [0.3, 0.4) is 0 Å². The molecule has 1 rings (SSSR count). The predicted molar refractivity (Wildman–Crippen MR) is 74.2 cm³/mol. The molecule has 0 aromatic heterocycles. The number of carbonyl (C=O) groups excluding carboxylic acids is 1. The van der Waals surface area contributed by atoms with Gasteiger partial charge in [0.1, 0.15) is 19.0 Å². The molecule has 0 aliphatic carbocycles. The lowest BCUT2D eigenvalue weighted by molar-refractivity contribution is -0.167. The Labute approximate surface area is 123 Å². The minimum absolute atomic E-state index is 0.0577. The van der Waals surface area contributed by atoms with Gasteiger partial charge in [0.15, 0.2) is 5.60 Å². The smallest absolute Gasteiger partial charge is 0.340 e. The Morgan fingerprint density at radius 2 is 1.86 bits per heavy atom. The van der Waals surface area contributed by atoms with E-state index in [4.69, 9.17) is 9.47 Å². The minimum Gasteiger partial charge on any atom is -0.497 e. The molecule has 0 radical (unpaired) electrons. The van der Waals surface area contributed by atoms with Gasteiger partial charge in [0, 0.05) is 0 Å². The molecule has 118 valence electrons. The van der Waals surface area contributed by atoms with Gasteiger partial charge in [-0.1, -0.05) is 12.1 Å². The van der Waals surface area contributed by atoms with Gasteiger partial charge in [-0.15, -0.1) is 0 Å². The molecule has 0 aliphatic heterocycles. The number of hydrogen-bond donors (Lipinski definition) is 1. The van der Waals surface area contributed by atoms with E-state index in [0.29, 0.717) is 11.3 Å². The first kappa shape index (κ1) is 17.4. The summed E-state index contributed by atoms with van der Waals surface area (Å²) in [6.07, 6.45) is 0.825. The second-order valence-corrected chi connectivity index (χ2v) is 6.31. The fraction of sp³-hybridized carbons (Fsp3) is 0.462. The Kier molecular flexibility index (Phi) is 5.70. The van der Waals surface area contributed by atoms with E-state index in [1.807, 2.05) is 0 Å². The number of methoxy groups -OCH3 is 1. The van der Waals surface area contributed by atoms with Gasteiger partial charge in [0.2, 0.25) is 0 Å². The fourth-order valence-electron chi connectivity index (χ4n) is 1.31. The molecular weight excluding hydrogens is 300 g/mol. The van der Waals surface area contributed by atoms with Crippen molar-refractivity contribution < 1.29 is 32.0 Å². The monoisotopic (exact) mass is 318 g/mol. The highest BCUT2D eigenvalue weighted by Gasteiger charge is 2.34. The lowest BCUT2D eigenvalue weighted by atomic mass is 10.1. The van der Waals surface area contributed by atoms with E-state index in [1.54, 1.807) is 24.3 Å². The van der Waals surface area contributed by atoms with Crippen LogP contribution in [-0.4, -0.2) is 45.1 Å². The summed E-state index contributed by atoms with van der Waals surface area (Å²) in [5.74, 6) is -0.305. The van der Waals surface area contributed by atoms with Crippen LogP contribution in [0.15, 0.2) is 24.3 Å². The lowest BCUT2D eigenvalue weighted by Gasteiger charge is -2.20. The molecule has 0 aliphatic rings. The zero-order chi connectivity index (χ0) is 16.1. The summed E-state index contributed by atoms with van der Waals surface area (Å²) in [5, 5.41) is 9.82. The third-order valence-corrected chi connectivity index (χ3v) is 3.07. The van der Waals surface area contributed by atoms with E-state index < -0.39 is 28.3 Å². The summed E-state index contributed by atoms with van der Waals surface area (Å²) >= 11 is 0. The molecule has 0 fully saturated rings. The number of carbonyl (C=O) groups is 1. The van der Waals surface area contributed by atoms with Crippen molar-refractivity contribution in [3.63, 3.8) is 0 Å². The molecule has 1 aromatic rings. The molecule has 0 unspecified atom stereocenters. The van der Waals surface area contributed by atoms with Crippen LogP contribution < -0.4 is 4.74 Å². The number of benzene rings is 1. The van der Waals surface area contributed by atoms with E-state index in [1.165, 1.54) is 7.11 Å². The predicted octanol–water partition coefficient (Wildman–Crippen LogP) is 0.466. The van der Waals surface area contributed by atoms with Crippen molar-refractivity contribution in [2.45, 2.75) is 19.1 Å². The Balaban J connectivity index is 2.54. The van der Waals surface area contributed by atoms with Crippen LogP contribution in [0.5, 0.6) is 5.75 Å². The largest absolute Gasteiger partial charge is 0.497 e. The molecule has 0 spiro atoms. The van der Waals surface area contributed by atoms with Gasteiger partial charge in [-0.05, 0) is 24.6 Å². The first-order valence-corrected chi connectivity index (χ1v) is 7.82. The first-order valence-electron chi connectivity index (χ1n) is 6.01. The van der Waals surface area contributed by atoms with Crippen molar-refractivity contribution in [3.05, 3.63) is 29.8 Å². The average molecular weight is 318 g/mol. The van der Waals surface area contributed by atoms with Crippen molar-refractivity contribution in [1.82, 2.24) is 0 Å². The zero-order valence-electron chi connectivity index (χ0n) is 12.0. The number of esters is 1. The molecule has 0 heterocycles. The third-order valence-electron chi connectivity index (χ3n) is 2.52. The van der Waals surface area contributed by atoms with Crippen molar-refractivity contribution in [3.8, 4) is 5.75 Å². The molecule has 21 heavy (non-hydrogen) atoms. The van der Waals surface area contributed by atoms with Crippen LogP contribution in [0.2, 0.25) is 0 Å². The fourth-order valence-corrected chi connectivity index (χ4v) is 1.75. The van der Waals surface area contributed by atoms with Gasteiger partial charge in [-0.3, -0.25) is 4.18 Å². The van der Waals surface area contributed by atoms with Gasteiger partial charge >= 0.3 is 5.97 Å². The standard InChI is InChI=1S/C13H18O7S/c1-13(15,9-20-21(3,16)17)12(14)19-8-10-4-6-11(18-2)7-5-10/h4-7,15H,8-9H2,1-3H3/t13-/m0/s1. The van der Waals surface area contributed by atoms with Crippen molar-refractivity contribution in [1.29, 1.82) is 0 Å². The lowest BCUT2D eigenvalue weighted by Crippen LogP contribution is -2.42. The van der Waals surface area contributed by atoms with E-state index in [2.05, 4.69) is 4.18 Å². The van der Waals surface area contributed by atoms with Crippen LogP contribution >= 0.6 is 0 Å². The average Bonchev–Trinajstić information content (AvgIpc) is 2.42. The summed E-state index contributed by atoms with van der Waals surface area (Å²) in [6.45, 7) is 0.361. The maximum Gasteiger partial charge on any atom is 0.340 e. The van der Waals surface area contributed by atoms with E-state index in [0.717, 1.165) is 13.2 Å². The number of ether oxygens (including phenoxy) is 2. The molecule has 0 amide bonds. The molecule has 1 N–H and O–H groups in total. The van der Waals surface area contributed by atoms with E-state index in [9.17, 15) is 18.3 Å². The normalized spacial score (nSPS) is 14.3. The van der Waals surface area contributed by atoms with Gasteiger partial charge in [0.05, 0.1) is 13.4 Å². The molecule has 1 atom stereocenters. The number of hydrogen-bond acceptors (Lipinski definition) is 7. The summed E-state index contributed by atoms with van der Waals surface area (Å²) in [7, 11) is -2.21. The van der Waals surface area contributed by atoms with Crippen LogP contribution in [0, 0.1) is 0 Å². The second-order valence-electron chi connectivity index (χ2n) is 4.66. The van der Waals surface area contributed by atoms with Gasteiger partial charge in [0.25, 0.3) is 10.1 Å². The Morgan fingerprint density at radius 1 is 1.29 bits per heavy atom. The third kappa shape index (κ3) is 6.11. The molecule has 0 saturated heterocycles. The molecule has 7 nitrogen and oxygen atoms in total. The Hall–Kier alpha value is -1.64. The minimum atomic E-state index is -3.75. The summed E-state index contributed by atoms with van der Waals surface area (Å²) in [4.78, 5) is 11.7. The van der Waals surface area contributed by atoms with Gasteiger partial charge in [-0.2, -0.15) is 8.42 Å². The number of aliphatic hydroxyl groups is 1. The van der Waals surface area contributed by atoms with E-state index in [-0.39, 0.29) is 6.61 Å². The maximum absolute atomic E-state index is 11.7. The molecule has 1 aromatic carbocycles.